The maximum atomic E-state index is 12.5. The Bertz CT molecular complexity index is 873. The van der Waals surface area contributed by atoms with Crippen molar-refractivity contribution in [1.82, 2.24) is 20.4 Å². The van der Waals surface area contributed by atoms with E-state index in [1.165, 1.54) is 64.2 Å². The van der Waals surface area contributed by atoms with Gasteiger partial charge in [0.05, 0.1) is 6.04 Å². The summed E-state index contributed by atoms with van der Waals surface area (Å²) in [4.78, 5) is 19.2. The first kappa shape index (κ1) is 26.9. The smallest absolute Gasteiger partial charge is 0.410 e. The van der Waals surface area contributed by atoms with Crippen molar-refractivity contribution in [2.24, 2.45) is 11.8 Å². The molecule has 3 unspecified atom stereocenters. The summed E-state index contributed by atoms with van der Waals surface area (Å²) in [5.41, 5.74) is -0.299. The average Bonchev–Trinajstić information content (AvgIpc) is 3.58. The van der Waals surface area contributed by atoms with Crippen LogP contribution in [0.15, 0.2) is 4.52 Å². The molecule has 0 radical (unpaired) electrons. The molecule has 4 aliphatic rings. The molecule has 1 N–H and O–H groups in total. The Morgan fingerprint density at radius 2 is 1.73 bits per heavy atom. The molecule has 3 atom stereocenters. The predicted octanol–water partition coefficient (Wildman–Crippen LogP) is 6.13. The number of hydrogen-bond donors (Lipinski definition) is 1. The minimum absolute atomic E-state index is 0.114. The number of carbonyl (C=O) groups is 1. The van der Waals surface area contributed by atoms with Crippen molar-refractivity contribution < 1.29 is 18.8 Å². The van der Waals surface area contributed by atoms with Crippen LogP contribution in [-0.4, -0.2) is 58.6 Å². The molecule has 8 heteroatoms. The van der Waals surface area contributed by atoms with Crippen LogP contribution in [0.3, 0.4) is 0 Å². The van der Waals surface area contributed by atoms with Crippen molar-refractivity contribution in [3.63, 3.8) is 0 Å². The van der Waals surface area contributed by atoms with Gasteiger partial charge in [0.25, 0.3) is 0 Å². The van der Waals surface area contributed by atoms with E-state index in [0.717, 1.165) is 44.2 Å². The molecule has 8 nitrogen and oxygen atoms in total. The Morgan fingerprint density at radius 1 is 1.03 bits per heavy atom. The van der Waals surface area contributed by atoms with Crippen LogP contribution < -0.4 is 5.32 Å². The fraction of sp³-hybridized carbons (Fsp3) is 0.897. The number of piperidine rings is 2. The van der Waals surface area contributed by atoms with E-state index in [-0.39, 0.29) is 23.6 Å². The molecule has 208 valence electrons. The van der Waals surface area contributed by atoms with Crippen LogP contribution in [0.25, 0.3) is 0 Å². The van der Waals surface area contributed by atoms with E-state index in [1.807, 2.05) is 20.8 Å². The highest BCUT2D eigenvalue weighted by Gasteiger charge is 2.45. The molecule has 1 saturated carbocycles. The van der Waals surface area contributed by atoms with Crippen LogP contribution in [0.1, 0.15) is 128 Å². The van der Waals surface area contributed by atoms with Gasteiger partial charge >= 0.3 is 6.09 Å². The lowest BCUT2D eigenvalue weighted by Crippen LogP contribution is -2.53. The molecule has 1 spiro atoms. The number of carbonyl (C=O) groups excluding carboxylic acids is 1. The molecule has 0 bridgehead atoms. The number of likely N-dealkylation sites (tertiary alicyclic amines) is 1. The molecule has 3 saturated heterocycles. The second-order valence-corrected chi connectivity index (χ2v) is 13.2. The molecule has 37 heavy (non-hydrogen) atoms. The minimum atomic E-state index is -0.473. The van der Waals surface area contributed by atoms with E-state index in [4.69, 9.17) is 19.0 Å². The van der Waals surface area contributed by atoms with Crippen molar-refractivity contribution in [2.45, 2.75) is 127 Å². The lowest BCUT2D eigenvalue weighted by atomic mass is 9.69. The van der Waals surface area contributed by atoms with Crippen molar-refractivity contribution in [3.8, 4) is 0 Å². The highest BCUT2D eigenvalue weighted by molar-refractivity contribution is 5.68. The van der Waals surface area contributed by atoms with Crippen LogP contribution in [0.2, 0.25) is 0 Å². The summed E-state index contributed by atoms with van der Waals surface area (Å²) in [5, 5.41) is 8.55. The third-order valence-electron chi connectivity index (χ3n) is 9.13. The van der Waals surface area contributed by atoms with E-state index in [9.17, 15) is 4.79 Å². The summed E-state index contributed by atoms with van der Waals surface area (Å²) in [6, 6.07) is 0.114. The van der Waals surface area contributed by atoms with Gasteiger partial charge < -0.3 is 24.2 Å². The van der Waals surface area contributed by atoms with Gasteiger partial charge in [-0.2, -0.15) is 4.98 Å². The zero-order valence-corrected chi connectivity index (χ0v) is 23.3. The van der Waals surface area contributed by atoms with Crippen LogP contribution in [-0.2, 0) is 9.47 Å². The zero-order chi connectivity index (χ0) is 25.9. The summed E-state index contributed by atoms with van der Waals surface area (Å²) in [6.45, 7) is 8.85. The van der Waals surface area contributed by atoms with Gasteiger partial charge in [0.1, 0.15) is 5.60 Å². The van der Waals surface area contributed by atoms with Gasteiger partial charge in [0.15, 0.2) is 5.82 Å². The highest BCUT2D eigenvalue weighted by Crippen LogP contribution is 2.45. The molecule has 1 amide bonds. The largest absolute Gasteiger partial charge is 0.444 e. The van der Waals surface area contributed by atoms with E-state index >= 15 is 0 Å². The van der Waals surface area contributed by atoms with Crippen LogP contribution >= 0.6 is 0 Å². The van der Waals surface area contributed by atoms with Gasteiger partial charge in [0, 0.05) is 37.8 Å². The monoisotopic (exact) mass is 516 g/mol. The topological polar surface area (TPSA) is 89.7 Å². The van der Waals surface area contributed by atoms with Gasteiger partial charge in [-0.15, -0.1) is 0 Å². The van der Waals surface area contributed by atoms with Crippen molar-refractivity contribution in [3.05, 3.63) is 11.7 Å². The summed E-state index contributed by atoms with van der Waals surface area (Å²) in [7, 11) is 0. The number of amides is 1. The van der Waals surface area contributed by atoms with Crippen molar-refractivity contribution in [2.75, 3.05) is 26.3 Å². The molecule has 1 aliphatic carbocycles. The Kier molecular flexibility index (Phi) is 8.44. The third kappa shape index (κ3) is 6.86. The van der Waals surface area contributed by atoms with E-state index < -0.39 is 5.60 Å². The summed E-state index contributed by atoms with van der Waals surface area (Å²) in [5.74, 6) is 3.07. The van der Waals surface area contributed by atoms with Gasteiger partial charge in [-0.25, -0.2) is 4.79 Å². The number of nitrogens with one attached hydrogen (secondary N) is 1. The van der Waals surface area contributed by atoms with Crippen molar-refractivity contribution >= 4 is 6.09 Å². The standard InChI is InChI=1S/C29H48N4O4/c1-28(2,3)36-27(34)33-15-10-21(11-16-33)25-30-26(37-32-25)24-18-23(22-12-17-35-20-22)19-29(31-24)13-8-6-4-5-7-9-14-29/h21-24,31H,4-20H2,1-3H3. The number of aromatic nitrogens is 2. The molecule has 5 rings (SSSR count). The lowest BCUT2D eigenvalue weighted by Gasteiger charge is -2.47. The van der Waals surface area contributed by atoms with Crippen molar-refractivity contribution in [1.29, 1.82) is 0 Å². The molecular formula is C29H48N4O4. The van der Waals surface area contributed by atoms with Gasteiger partial charge in [-0.05, 0) is 77.6 Å². The Morgan fingerprint density at radius 3 is 2.38 bits per heavy atom. The predicted molar refractivity (Wildman–Crippen MR) is 141 cm³/mol. The SMILES string of the molecule is CC(C)(C)OC(=O)N1CCC(c2noc(C3CC(C4CCOC4)CC4(CCCCCCCC4)N3)n2)CC1. The fourth-order valence-electron chi connectivity index (χ4n) is 7.13. The number of ether oxygens (including phenoxy) is 2. The number of hydrogen-bond acceptors (Lipinski definition) is 7. The Labute approximate surface area is 222 Å². The second-order valence-electron chi connectivity index (χ2n) is 13.2. The van der Waals surface area contributed by atoms with Gasteiger partial charge in [-0.3, -0.25) is 0 Å². The molecule has 4 heterocycles. The Balaban J connectivity index is 1.26. The summed E-state index contributed by atoms with van der Waals surface area (Å²) < 4.78 is 17.3. The van der Waals surface area contributed by atoms with Crippen LogP contribution in [0.5, 0.6) is 0 Å². The quantitative estimate of drug-likeness (QED) is 0.516. The first-order chi connectivity index (χ1) is 17.8. The first-order valence-electron chi connectivity index (χ1n) is 15.0. The number of nitrogens with zero attached hydrogens (tertiary/aromatic N) is 3. The molecule has 1 aromatic heterocycles. The Hall–Kier alpha value is -1.67. The first-order valence-corrected chi connectivity index (χ1v) is 15.0. The maximum Gasteiger partial charge on any atom is 0.410 e. The van der Waals surface area contributed by atoms with Gasteiger partial charge in [-0.1, -0.05) is 43.7 Å². The normalized spacial score (nSPS) is 30.0. The highest BCUT2D eigenvalue weighted by atomic mass is 16.6. The second kappa shape index (κ2) is 11.6. The summed E-state index contributed by atoms with van der Waals surface area (Å²) >= 11 is 0. The van der Waals surface area contributed by atoms with Crippen LogP contribution in [0, 0.1) is 11.8 Å². The molecule has 3 aliphatic heterocycles. The lowest BCUT2D eigenvalue weighted by molar-refractivity contribution is 0.0202. The van der Waals surface area contributed by atoms with E-state index in [1.54, 1.807) is 4.90 Å². The third-order valence-corrected chi connectivity index (χ3v) is 9.13. The molecule has 1 aromatic rings. The van der Waals surface area contributed by atoms with E-state index in [2.05, 4.69) is 10.5 Å². The van der Waals surface area contributed by atoms with Gasteiger partial charge in [0.2, 0.25) is 5.89 Å². The van der Waals surface area contributed by atoms with E-state index in [0.29, 0.717) is 24.9 Å². The summed E-state index contributed by atoms with van der Waals surface area (Å²) in [6.07, 6.45) is 15.5. The minimum Gasteiger partial charge on any atom is -0.444 e. The van der Waals surface area contributed by atoms with Crippen LogP contribution in [0.4, 0.5) is 4.79 Å². The number of rotatable bonds is 3. The molecule has 4 fully saturated rings. The molecular weight excluding hydrogens is 468 g/mol. The fourth-order valence-corrected chi connectivity index (χ4v) is 7.13. The average molecular weight is 517 g/mol. The zero-order valence-electron chi connectivity index (χ0n) is 23.3. The maximum absolute atomic E-state index is 12.5. The molecule has 0 aromatic carbocycles.